The summed E-state index contributed by atoms with van der Waals surface area (Å²) >= 11 is 0. The van der Waals surface area contributed by atoms with E-state index in [1.54, 1.807) is 11.0 Å². The topological polar surface area (TPSA) is 241 Å². The summed E-state index contributed by atoms with van der Waals surface area (Å²) in [5, 5.41) is 13.1. The number of nitrogens with zero attached hydrogens (tertiary/aromatic N) is 5. The van der Waals surface area contributed by atoms with Crippen LogP contribution < -0.4 is 43.6 Å². The van der Waals surface area contributed by atoms with Crippen LogP contribution in [0, 0.1) is 0 Å². The molecule has 17 heteroatoms. The largest absolute Gasteiger partial charge is 0.448 e. The Morgan fingerprint density at radius 2 is 1.80 bits per heavy atom. The average molecular weight is 664 g/mol. The highest BCUT2D eigenvalue weighted by Crippen LogP contribution is 2.34. The first kappa shape index (κ1) is 29.7. The molecule has 2 aliphatic rings. The lowest BCUT2D eigenvalue weighted by molar-refractivity contribution is 0.0929. The molecule has 8 rings (SSSR count). The van der Waals surface area contributed by atoms with Crippen LogP contribution in [0.25, 0.3) is 17.2 Å². The number of rotatable bonds is 7. The number of aromatic amines is 1. The third kappa shape index (κ3) is 5.07. The van der Waals surface area contributed by atoms with Crippen molar-refractivity contribution in [2.75, 3.05) is 17.2 Å². The number of amides is 2. The molecule has 0 saturated carbocycles. The van der Waals surface area contributed by atoms with Gasteiger partial charge >= 0.3 is 11.5 Å². The smallest absolute Gasteiger partial charge is 0.394 e. The lowest BCUT2D eigenvalue weighted by Crippen LogP contribution is -2.44. The second kappa shape index (κ2) is 11.3. The quantitative estimate of drug-likeness (QED) is 0.166. The number of anilines is 2. The van der Waals surface area contributed by atoms with Crippen LogP contribution in [-0.4, -0.2) is 43.0 Å². The lowest BCUT2D eigenvalue weighted by atomic mass is 9.96. The van der Waals surface area contributed by atoms with E-state index in [2.05, 4.69) is 35.4 Å². The van der Waals surface area contributed by atoms with Crippen LogP contribution in [0.2, 0.25) is 0 Å². The van der Waals surface area contributed by atoms with Gasteiger partial charge in [-0.2, -0.15) is 0 Å². The number of H-pyrrole nitrogens is 1. The third-order valence-corrected chi connectivity index (χ3v) is 9.00. The molecule has 3 aromatic heterocycles. The summed E-state index contributed by atoms with van der Waals surface area (Å²) in [4.78, 5) is 82.9. The highest BCUT2D eigenvalue weighted by molar-refractivity contribution is 5.98. The Balaban J connectivity index is 0.990. The van der Waals surface area contributed by atoms with Gasteiger partial charge in [0.25, 0.3) is 28.4 Å². The summed E-state index contributed by atoms with van der Waals surface area (Å²) in [5.41, 5.74) is 9.64. The van der Waals surface area contributed by atoms with Gasteiger partial charge in [0.05, 0.1) is 6.04 Å². The number of aromatic nitrogens is 5. The van der Waals surface area contributed by atoms with E-state index in [0.29, 0.717) is 43.7 Å². The van der Waals surface area contributed by atoms with Gasteiger partial charge in [-0.05, 0) is 64.4 Å². The highest BCUT2D eigenvalue weighted by Gasteiger charge is 2.29. The van der Waals surface area contributed by atoms with E-state index >= 15 is 0 Å². The molecule has 49 heavy (non-hydrogen) atoms. The number of hydrogen-bond acceptors (Lipinski definition) is 13. The summed E-state index contributed by atoms with van der Waals surface area (Å²) in [7, 11) is 0. The molecule has 0 radical (unpaired) electrons. The van der Waals surface area contributed by atoms with Crippen molar-refractivity contribution < 1.29 is 18.6 Å². The van der Waals surface area contributed by atoms with Crippen LogP contribution in [0.1, 0.15) is 61.3 Å². The Labute approximate surface area is 273 Å². The summed E-state index contributed by atoms with van der Waals surface area (Å²) in [6, 6.07) is 12.0. The van der Waals surface area contributed by atoms with Gasteiger partial charge in [0, 0.05) is 25.2 Å². The Morgan fingerprint density at radius 3 is 2.59 bits per heavy atom. The first-order valence-electron chi connectivity index (χ1n) is 15.3. The Hall–Kier alpha value is -6.65. The van der Waals surface area contributed by atoms with E-state index in [1.165, 1.54) is 6.07 Å². The van der Waals surface area contributed by atoms with Crippen molar-refractivity contribution in [3.63, 3.8) is 0 Å². The van der Waals surface area contributed by atoms with Gasteiger partial charge < -0.3 is 21.3 Å². The molecule has 0 bridgehead atoms. The zero-order chi connectivity index (χ0) is 34.0. The fraction of sp³-hybridized carbons (Fsp3) is 0.219. The number of benzene rings is 2. The van der Waals surface area contributed by atoms with Crippen molar-refractivity contribution in [1.29, 1.82) is 0 Å². The lowest BCUT2D eigenvalue weighted by Gasteiger charge is -2.32. The van der Waals surface area contributed by atoms with Crippen molar-refractivity contribution >= 4 is 29.0 Å². The first-order chi connectivity index (χ1) is 23.6. The summed E-state index contributed by atoms with van der Waals surface area (Å²) in [6.45, 7) is 1.05. The van der Waals surface area contributed by atoms with Crippen LogP contribution >= 0.6 is 0 Å². The van der Waals surface area contributed by atoms with Gasteiger partial charge in [-0.1, -0.05) is 35.5 Å². The normalized spacial score (nSPS) is 15.3. The molecule has 0 spiro atoms. The maximum absolute atomic E-state index is 13.6. The monoisotopic (exact) mass is 663 g/mol. The van der Waals surface area contributed by atoms with Gasteiger partial charge in [0.15, 0.2) is 5.82 Å². The van der Waals surface area contributed by atoms with Gasteiger partial charge in [0.1, 0.15) is 22.8 Å². The molecule has 4 heterocycles. The van der Waals surface area contributed by atoms with Crippen molar-refractivity contribution in [3.8, 4) is 11.4 Å². The van der Waals surface area contributed by atoms with Gasteiger partial charge in [-0.25, -0.2) is 19.0 Å². The van der Waals surface area contributed by atoms with Gasteiger partial charge in [-0.3, -0.25) is 33.2 Å². The van der Waals surface area contributed by atoms with Crippen LogP contribution in [0.4, 0.5) is 11.4 Å². The molecule has 3 aromatic carbocycles. The fourth-order valence-corrected chi connectivity index (χ4v) is 6.53. The molecule has 1 aliphatic heterocycles. The Kier molecular flexibility index (Phi) is 6.83. The van der Waals surface area contributed by atoms with E-state index in [4.69, 9.17) is 10.3 Å². The number of hydrogen-bond donors (Lipinski definition) is 4. The molecule has 246 valence electrons. The number of fused-ring (bicyclic) bond motifs is 3. The summed E-state index contributed by atoms with van der Waals surface area (Å²) in [5.74, 6) is -2.83. The minimum Gasteiger partial charge on any atom is -0.394 e. The molecule has 5 N–H and O–H groups in total. The van der Waals surface area contributed by atoms with Gasteiger partial charge in [-0.15, -0.1) is 0 Å². The molecular weight excluding hydrogens is 638 g/mol. The number of nitrogen functional groups attached to an aromatic ring is 1. The minimum absolute atomic E-state index is 0.0193. The van der Waals surface area contributed by atoms with Crippen molar-refractivity contribution in [1.82, 2.24) is 35.3 Å². The number of carbonyl (C=O) groups is 2. The Morgan fingerprint density at radius 1 is 0.939 bits per heavy atom. The van der Waals surface area contributed by atoms with Crippen LogP contribution in [0.5, 0.6) is 0 Å². The third-order valence-electron chi connectivity index (χ3n) is 9.00. The SMILES string of the molecule is Nc1c(N2CCc3ccc(CNC(=O)c4cc(C(=O)N[C@H]5CCc6cc(-c7noc(=O)[nH]7)ccc65)n5c(=O)onc5n4)cc3C2)c(=O)c1=O. The maximum Gasteiger partial charge on any atom is 0.448 e. The predicted octanol–water partition coefficient (Wildman–Crippen LogP) is 0.114. The molecule has 6 aromatic rings. The first-order valence-corrected chi connectivity index (χ1v) is 15.3. The number of aryl methyl sites for hydroxylation is 1. The van der Waals surface area contributed by atoms with E-state index in [0.717, 1.165) is 32.2 Å². The minimum atomic E-state index is -0.939. The van der Waals surface area contributed by atoms with E-state index in [1.807, 2.05) is 30.3 Å². The molecule has 0 unspecified atom stereocenters. The van der Waals surface area contributed by atoms with Crippen LogP contribution in [0.15, 0.2) is 70.7 Å². The second-order valence-electron chi connectivity index (χ2n) is 11.9. The maximum atomic E-state index is 13.6. The number of carbonyl (C=O) groups excluding carboxylic acids is 2. The van der Waals surface area contributed by atoms with Crippen molar-refractivity contribution in [2.24, 2.45) is 0 Å². The molecule has 1 atom stereocenters. The Bertz CT molecular complexity index is 2530. The van der Waals surface area contributed by atoms with Crippen molar-refractivity contribution in [2.45, 2.75) is 38.4 Å². The van der Waals surface area contributed by atoms with Crippen molar-refractivity contribution in [3.05, 3.63) is 123 Å². The molecule has 1 aliphatic carbocycles. The molecular formula is C32H25N9O8. The van der Waals surface area contributed by atoms with Crippen LogP contribution in [-0.2, 0) is 25.9 Å². The zero-order valence-corrected chi connectivity index (χ0v) is 25.4. The van der Waals surface area contributed by atoms with E-state index in [9.17, 15) is 28.8 Å². The standard InChI is InChI=1S/C32H25N9O8/c33-23-24(26(43)25(23)42)40-8-7-15-2-1-14(9-18(15)13-40)12-34-28(44)21-11-22(41-30(36-21)39-49-32(41)47)29(45)35-20-6-4-16-10-17(3-5-19(16)20)27-37-31(46)48-38-27/h1-3,5,9-11,20H,4,6-8,12-13,33H2,(H,34,44)(H,35,45)(H,37,38,46)/t20-/m0/s1. The van der Waals surface area contributed by atoms with E-state index in [-0.39, 0.29) is 35.1 Å². The fourth-order valence-electron chi connectivity index (χ4n) is 6.53. The predicted molar refractivity (Wildman–Crippen MR) is 171 cm³/mol. The average Bonchev–Trinajstić information content (AvgIpc) is 3.84. The zero-order valence-electron chi connectivity index (χ0n) is 25.4. The van der Waals surface area contributed by atoms with E-state index < -0.39 is 40.2 Å². The molecule has 17 nitrogen and oxygen atoms in total. The van der Waals surface area contributed by atoms with Gasteiger partial charge in [0.2, 0.25) is 0 Å². The molecule has 0 fully saturated rings. The second-order valence-corrected chi connectivity index (χ2v) is 11.9. The molecule has 0 saturated heterocycles. The number of nitrogens with one attached hydrogen (secondary N) is 3. The highest BCUT2D eigenvalue weighted by atomic mass is 16.5. The molecule has 2 amide bonds. The summed E-state index contributed by atoms with van der Waals surface area (Å²) in [6.07, 6.45) is 1.86. The summed E-state index contributed by atoms with van der Waals surface area (Å²) < 4.78 is 10.2. The number of nitrogens with two attached hydrogens (primary N) is 1. The van der Waals surface area contributed by atoms with Crippen LogP contribution in [0.3, 0.4) is 0 Å².